The van der Waals surface area contributed by atoms with Crippen molar-refractivity contribution in [1.82, 2.24) is 9.62 Å². The minimum Gasteiger partial charge on any atom is -0.497 e. The lowest BCUT2D eigenvalue weighted by Crippen LogP contribution is -2.40. The molecular weight excluding hydrogens is 444 g/mol. The molecule has 9 heteroatoms. The Bertz CT molecular complexity index is 1030. The molecule has 0 bridgehead atoms. The van der Waals surface area contributed by atoms with Crippen LogP contribution >= 0.6 is 0 Å². The maximum absolute atomic E-state index is 13.0. The highest BCUT2D eigenvalue weighted by atomic mass is 32.2. The summed E-state index contributed by atoms with van der Waals surface area (Å²) in [6, 6.07) is 12.3. The zero-order chi connectivity index (χ0) is 23.8. The molecular formula is C24H32N2O6S. The summed E-state index contributed by atoms with van der Waals surface area (Å²) in [5.74, 6) is 1.21. The molecule has 0 aliphatic carbocycles. The van der Waals surface area contributed by atoms with Gasteiger partial charge in [-0.25, -0.2) is 8.42 Å². The summed E-state index contributed by atoms with van der Waals surface area (Å²) >= 11 is 0. The highest BCUT2D eigenvalue weighted by molar-refractivity contribution is 7.89. The van der Waals surface area contributed by atoms with Gasteiger partial charge in [-0.2, -0.15) is 4.31 Å². The van der Waals surface area contributed by atoms with Crippen molar-refractivity contribution in [1.29, 1.82) is 0 Å². The van der Waals surface area contributed by atoms with Gasteiger partial charge in [-0.15, -0.1) is 0 Å². The van der Waals surface area contributed by atoms with Crippen molar-refractivity contribution in [3.8, 4) is 11.5 Å². The van der Waals surface area contributed by atoms with Crippen molar-refractivity contribution >= 4 is 15.9 Å². The van der Waals surface area contributed by atoms with E-state index in [-0.39, 0.29) is 23.3 Å². The van der Waals surface area contributed by atoms with Crippen LogP contribution in [0.2, 0.25) is 0 Å². The first-order valence-electron chi connectivity index (χ1n) is 11.1. The van der Waals surface area contributed by atoms with Crippen LogP contribution in [0.1, 0.15) is 36.9 Å². The van der Waals surface area contributed by atoms with Crippen molar-refractivity contribution in [2.24, 2.45) is 0 Å². The number of amides is 1. The van der Waals surface area contributed by atoms with Crippen LogP contribution in [0.3, 0.4) is 0 Å². The molecule has 0 aromatic heterocycles. The third-order valence-corrected chi connectivity index (χ3v) is 7.64. The molecule has 2 aromatic rings. The Morgan fingerprint density at radius 1 is 1.09 bits per heavy atom. The van der Waals surface area contributed by atoms with Crippen LogP contribution in [0, 0.1) is 0 Å². The van der Waals surface area contributed by atoms with E-state index >= 15 is 0 Å². The number of aryl methyl sites for hydroxylation is 1. The van der Waals surface area contributed by atoms with Crippen LogP contribution in [-0.2, 0) is 26.0 Å². The topological polar surface area (TPSA) is 94.2 Å². The molecule has 1 saturated heterocycles. The molecule has 33 heavy (non-hydrogen) atoms. The van der Waals surface area contributed by atoms with E-state index in [1.807, 2.05) is 31.2 Å². The monoisotopic (exact) mass is 476 g/mol. The van der Waals surface area contributed by atoms with Gasteiger partial charge in [-0.1, -0.05) is 19.1 Å². The molecule has 1 heterocycles. The standard InChI is InChI=1S/C24H32N2O6S/c1-4-22(18-5-8-20(30-2)9-6-18)25-24(27)12-7-19-17-21(10-11-23(19)31-3)33(28,29)26-13-15-32-16-14-26/h5-6,8-11,17,22H,4,7,12-16H2,1-3H3,(H,25,27). The molecule has 1 aliphatic heterocycles. The second kappa shape index (κ2) is 11.5. The zero-order valence-electron chi connectivity index (χ0n) is 19.4. The predicted molar refractivity (Wildman–Crippen MR) is 125 cm³/mol. The smallest absolute Gasteiger partial charge is 0.243 e. The molecule has 0 saturated carbocycles. The van der Waals surface area contributed by atoms with E-state index in [4.69, 9.17) is 14.2 Å². The number of hydrogen-bond acceptors (Lipinski definition) is 6. The van der Waals surface area contributed by atoms with Crippen molar-refractivity contribution < 1.29 is 27.4 Å². The third-order valence-electron chi connectivity index (χ3n) is 5.74. The number of methoxy groups -OCH3 is 2. The van der Waals surface area contributed by atoms with Crippen molar-refractivity contribution in [3.05, 3.63) is 53.6 Å². The molecule has 1 unspecified atom stereocenters. The number of rotatable bonds is 10. The highest BCUT2D eigenvalue weighted by Crippen LogP contribution is 2.26. The highest BCUT2D eigenvalue weighted by Gasteiger charge is 2.27. The number of carbonyl (C=O) groups is 1. The fraction of sp³-hybridized carbons (Fsp3) is 0.458. The van der Waals surface area contributed by atoms with Crippen molar-refractivity contribution in [3.63, 3.8) is 0 Å². The van der Waals surface area contributed by atoms with Gasteiger partial charge in [-0.05, 0) is 54.3 Å². The molecule has 1 N–H and O–H groups in total. The fourth-order valence-electron chi connectivity index (χ4n) is 3.82. The van der Waals surface area contributed by atoms with Gasteiger partial charge >= 0.3 is 0 Å². The fourth-order valence-corrected chi connectivity index (χ4v) is 5.28. The first kappa shape index (κ1) is 25.0. The van der Waals surface area contributed by atoms with Crippen LogP contribution in [0.5, 0.6) is 11.5 Å². The quantitative estimate of drug-likeness (QED) is 0.567. The molecule has 3 rings (SSSR count). The number of hydrogen-bond donors (Lipinski definition) is 1. The van der Waals surface area contributed by atoms with E-state index in [1.165, 1.54) is 11.4 Å². The van der Waals surface area contributed by atoms with Gasteiger partial charge in [0.1, 0.15) is 11.5 Å². The first-order valence-corrected chi connectivity index (χ1v) is 12.5. The Kier molecular flexibility index (Phi) is 8.71. The number of nitrogens with one attached hydrogen (secondary N) is 1. The first-order chi connectivity index (χ1) is 15.9. The van der Waals surface area contributed by atoms with E-state index in [9.17, 15) is 13.2 Å². The van der Waals surface area contributed by atoms with Gasteiger partial charge in [0.05, 0.1) is 38.4 Å². The number of sulfonamides is 1. The lowest BCUT2D eigenvalue weighted by atomic mass is 10.0. The van der Waals surface area contributed by atoms with Gasteiger partial charge in [-0.3, -0.25) is 4.79 Å². The summed E-state index contributed by atoms with van der Waals surface area (Å²) in [6.45, 7) is 3.44. The van der Waals surface area contributed by atoms with E-state index < -0.39 is 10.0 Å². The minimum absolute atomic E-state index is 0.110. The van der Waals surface area contributed by atoms with Crippen LogP contribution in [-0.4, -0.2) is 59.2 Å². The molecule has 0 spiro atoms. The number of ether oxygens (including phenoxy) is 3. The number of nitrogens with zero attached hydrogens (tertiary/aromatic N) is 1. The zero-order valence-corrected chi connectivity index (χ0v) is 20.2. The normalized spacial score (nSPS) is 15.6. The Morgan fingerprint density at radius 2 is 1.79 bits per heavy atom. The number of carbonyl (C=O) groups excluding carboxylic acids is 1. The lowest BCUT2D eigenvalue weighted by molar-refractivity contribution is -0.121. The predicted octanol–water partition coefficient (Wildman–Crippen LogP) is 2.92. The van der Waals surface area contributed by atoms with Crippen LogP contribution < -0.4 is 14.8 Å². The Labute approximate surface area is 195 Å². The summed E-state index contributed by atoms with van der Waals surface area (Å²) in [5.41, 5.74) is 1.68. The molecule has 1 aliphatic rings. The number of morpholine rings is 1. The van der Waals surface area contributed by atoms with Gasteiger partial charge in [0, 0.05) is 19.5 Å². The van der Waals surface area contributed by atoms with Crippen molar-refractivity contribution in [2.75, 3.05) is 40.5 Å². The maximum Gasteiger partial charge on any atom is 0.243 e. The summed E-state index contributed by atoms with van der Waals surface area (Å²) in [5, 5.41) is 3.06. The summed E-state index contributed by atoms with van der Waals surface area (Å²) in [6.07, 6.45) is 1.32. The van der Waals surface area contributed by atoms with Crippen LogP contribution in [0.25, 0.3) is 0 Å². The molecule has 2 aromatic carbocycles. The van der Waals surface area contributed by atoms with E-state index in [2.05, 4.69) is 5.32 Å². The van der Waals surface area contributed by atoms with Gasteiger partial charge in [0.25, 0.3) is 0 Å². The van der Waals surface area contributed by atoms with E-state index in [1.54, 1.807) is 25.3 Å². The molecule has 1 atom stereocenters. The second-order valence-corrected chi connectivity index (χ2v) is 9.73. The maximum atomic E-state index is 13.0. The van der Waals surface area contributed by atoms with E-state index in [0.29, 0.717) is 44.0 Å². The molecule has 180 valence electrons. The van der Waals surface area contributed by atoms with Crippen LogP contribution in [0.4, 0.5) is 0 Å². The van der Waals surface area contributed by atoms with Crippen LogP contribution in [0.15, 0.2) is 47.4 Å². The summed E-state index contributed by atoms with van der Waals surface area (Å²) < 4.78 is 43.3. The van der Waals surface area contributed by atoms with E-state index in [0.717, 1.165) is 17.7 Å². The Morgan fingerprint density at radius 3 is 2.39 bits per heavy atom. The average Bonchev–Trinajstić information content (AvgIpc) is 2.86. The Hall–Kier alpha value is -2.62. The average molecular weight is 477 g/mol. The lowest BCUT2D eigenvalue weighted by Gasteiger charge is -2.26. The van der Waals surface area contributed by atoms with Gasteiger partial charge in [0.15, 0.2) is 0 Å². The largest absolute Gasteiger partial charge is 0.497 e. The van der Waals surface area contributed by atoms with Gasteiger partial charge in [0.2, 0.25) is 15.9 Å². The third kappa shape index (κ3) is 6.25. The second-order valence-electron chi connectivity index (χ2n) is 7.79. The minimum atomic E-state index is -3.63. The molecule has 1 fully saturated rings. The van der Waals surface area contributed by atoms with Crippen molar-refractivity contribution in [2.45, 2.75) is 37.1 Å². The SMILES string of the molecule is CCC(NC(=O)CCc1cc(S(=O)(=O)N2CCOCC2)ccc1OC)c1ccc(OC)cc1. The van der Waals surface area contributed by atoms with Gasteiger partial charge < -0.3 is 19.5 Å². The molecule has 8 nitrogen and oxygen atoms in total. The summed E-state index contributed by atoms with van der Waals surface area (Å²) in [4.78, 5) is 12.9. The molecule has 1 amide bonds. The molecule has 0 radical (unpaired) electrons. The number of benzene rings is 2. The summed E-state index contributed by atoms with van der Waals surface area (Å²) in [7, 11) is -0.478. The Balaban J connectivity index is 1.68.